The Kier molecular flexibility index (Phi) is 17.7. The number of hydrogen-bond acceptors (Lipinski definition) is 5. The number of nitrogens with one attached hydrogen (secondary N) is 1. The third kappa shape index (κ3) is 17.7. The molecule has 0 amide bonds. The second-order valence-electron chi connectivity index (χ2n) is 5.08. The predicted octanol–water partition coefficient (Wildman–Crippen LogP) is 2.24. The zero-order valence-electron chi connectivity index (χ0n) is 14.2. The van der Waals surface area contributed by atoms with Crippen LogP contribution in [0.25, 0.3) is 0 Å². The lowest BCUT2D eigenvalue weighted by Crippen LogP contribution is -2.28. The molecule has 5 nitrogen and oxygen atoms in total. The van der Waals surface area contributed by atoms with E-state index in [1.165, 1.54) is 6.42 Å². The number of unbranched alkanes of at least 4 members (excludes halogenated alkanes) is 1. The van der Waals surface area contributed by atoms with Crippen molar-refractivity contribution in [3.8, 4) is 0 Å². The smallest absolute Gasteiger partial charge is 0.0704 e. The van der Waals surface area contributed by atoms with Gasteiger partial charge in [-0.15, -0.1) is 0 Å². The van der Waals surface area contributed by atoms with Gasteiger partial charge in [0.15, 0.2) is 0 Å². The normalized spacial score (nSPS) is 12.7. The lowest BCUT2D eigenvalue weighted by Gasteiger charge is -2.13. The zero-order valence-corrected chi connectivity index (χ0v) is 14.2. The standard InChI is InChI=1S/C16H35NO4/c1-4-6-8-18-9-10-19-11-12-20-13-14-21-16(3)15-17-7-5-2/h16-17H,4-15H2,1-3H3. The minimum atomic E-state index is 0.233. The molecule has 0 heterocycles. The van der Waals surface area contributed by atoms with Gasteiger partial charge in [0.1, 0.15) is 0 Å². The quantitative estimate of drug-likeness (QED) is 0.418. The largest absolute Gasteiger partial charge is 0.379 e. The van der Waals surface area contributed by atoms with Crippen LogP contribution in [0, 0.1) is 0 Å². The molecule has 0 bridgehead atoms. The molecule has 21 heavy (non-hydrogen) atoms. The van der Waals surface area contributed by atoms with E-state index in [-0.39, 0.29) is 6.10 Å². The highest BCUT2D eigenvalue weighted by atomic mass is 16.6. The van der Waals surface area contributed by atoms with E-state index in [9.17, 15) is 0 Å². The van der Waals surface area contributed by atoms with E-state index in [4.69, 9.17) is 18.9 Å². The van der Waals surface area contributed by atoms with Crippen molar-refractivity contribution >= 4 is 0 Å². The van der Waals surface area contributed by atoms with Gasteiger partial charge in [0, 0.05) is 13.2 Å². The summed E-state index contributed by atoms with van der Waals surface area (Å²) in [6, 6.07) is 0. The van der Waals surface area contributed by atoms with Crippen molar-refractivity contribution < 1.29 is 18.9 Å². The second kappa shape index (κ2) is 17.9. The Balaban J connectivity index is 3.05. The molecule has 1 unspecified atom stereocenters. The van der Waals surface area contributed by atoms with Crippen molar-refractivity contribution in [1.82, 2.24) is 5.32 Å². The molecule has 0 aromatic carbocycles. The summed E-state index contributed by atoms with van der Waals surface area (Å²) in [5, 5.41) is 3.33. The molecule has 5 heteroatoms. The van der Waals surface area contributed by atoms with Crippen molar-refractivity contribution in [1.29, 1.82) is 0 Å². The van der Waals surface area contributed by atoms with Crippen LogP contribution >= 0.6 is 0 Å². The fourth-order valence-corrected chi connectivity index (χ4v) is 1.64. The average molecular weight is 305 g/mol. The molecule has 0 saturated carbocycles. The van der Waals surface area contributed by atoms with Gasteiger partial charge < -0.3 is 24.3 Å². The Morgan fingerprint density at radius 1 is 0.762 bits per heavy atom. The molecule has 0 rings (SSSR count). The SMILES string of the molecule is CCCCOCCOCCOCCOC(C)CNCCC. The monoisotopic (exact) mass is 305 g/mol. The molecule has 0 aliphatic carbocycles. The first-order valence-corrected chi connectivity index (χ1v) is 8.36. The summed E-state index contributed by atoms with van der Waals surface area (Å²) in [6.45, 7) is 13.0. The van der Waals surface area contributed by atoms with E-state index in [1.54, 1.807) is 0 Å². The van der Waals surface area contributed by atoms with Crippen LogP contribution in [0.5, 0.6) is 0 Å². The van der Waals surface area contributed by atoms with Crippen molar-refractivity contribution in [3.05, 3.63) is 0 Å². The average Bonchev–Trinajstić information content (AvgIpc) is 2.48. The maximum atomic E-state index is 5.62. The molecule has 0 aliphatic rings. The van der Waals surface area contributed by atoms with Gasteiger partial charge in [0.25, 0.3) is 0 Å². The lowest BCUT2D eigenvalue weighted by atomic mass is 10.4. The first-order chi connectivity index (χ1) is 10.3. The molecular formula is C16H35NO4. The van der Waals surface area contributed by atoms with Crippen LogP contribution in [-0.4, -0.2) is 65.4 Å². The van der Waals surface area contributed by atoms with Gasteiger partial charge in [-0.1, -0.05) is 20.3 Å². The van der Waals surface area contributed by atoms with Crippen molar-refractivity contribution in [3.63, 3.8) is 0 Å². The van der Waals surface area contributed by atoms with Crippen molar-refractivity contribution in [2.45, 2.75) is 46.1 Å². The minimum absolute atomic E-state index is 0.233. The molecule has 0 radical (unpaired) electrons. The molecule has 0 fully saturated rings. The van der Waals surface area contributed by atoms with Gasteiger partial charge in [-0.25, -0.2) is 0 Å². The van der Waals surface area contributed by atoms with E-state index in [1.807, 2.05) is 0 Å². The molecule has 1 atom stereocenters. The van der Waals surface area contributed by atoms with Crippen molar-refractivity contribution in [2.75, 3.05) is 59.3 Å². The molecule has 0 aromatic heterocycles. The third-order valence-electron chi connectivity index (χ3n) is 2.87. The first-order valence-electron chi connectivity index (χ1n) is 8.36. The lowest BCUT2D eigenvalue weighted by molar-refractivity contribution is -0.0147. The number of hydrogen-bond donors (Lipinski definition) is 1. The Hall–Kier alpha value is -0.200. The van der Waals surface area contributed by atoms with Gasteiger partial charge in [0.2, 0.25) is 0 Å². The van der Waals surface area contributed by atoms with Crippen LogP contribution in [0.1, 0.15) is 40.0 Å². The highest BCUT2D eigenvalue weighted by molar-refractivity contribution is 4.54. The van der Waals surface area contributed by atoms with Gasteiger partial charge >= 0.3 is 0 Å². The molecule has 128 valence electrons. The van der Waals surface area contributed by atoms with Crippen LogP contribution in [-0.2, 0) is 18.9 Å². The summed E-state index contributed by atoms with van der Waals surface area (Å²) >= 11 is 0. The summed E-state index contributed by atoms with van der Waals surface area (Å²) in [7, 11) is 0. The molecular weight excluding hydrogens is 270 g/mol. The maximum Gasteiger partial charge on any atom is 0.0704 e. The van der Waals surface area contributed by atoms with Crippen LogP contribution in [0.3, 0.4) is 0 Å². The van der Waals surface area contributed by atoms with E-state index >= 15 is 0 Å². The molecule has 0 aliphatic heterocycles. The van der Waals surface area contributed by atoms with Crippen molar-refractivity contribution in [2.24, 2.45) is 0 Å². The molecule has 1 N–H and O–H groups in total. The van der Waals surface area contributed by atoms with Crippen LogP contribution in [0.2, 0.25) is 0 Å². The van der Waals surface area contributed by atoms with Crippen LogP contribution in [0.4, 0.5) is 0 Å². The van der Waals surface area contributed by atoms with E-state index < -0.39 is 0 Å². The fourth-order valence-electron chi connectivity index (χ4n) is 1.64. The van der Waals surface area contributed by atoms with Crippen LogP contribution in [0.15, 0.2) is 0 Å². The Morgan fingerprint density at radius 3 is 1.90 bits per heavy atom. The summed E-state index contributed by atoms with van der Waals surface area (Å²) < 4.78 is 21.9. The second-order valence-corrected chi connectivity index (χ2v) is 5.08. The van der Waals surface area contributed by atoms with Crippen LogP contribution < -0.4 is 5.32 Å². The van der Waals surface area contributed by atoms with Gasteiger partial charge in [-0.2, -0.15) is 0 Å². The third-order valence-corrected chi connectivity index (χ3v) is 2.87. The maximum absolute atomic E-state index is 5.62. The minimum Gasteiger partial charge on any atom is -0.379 e. The Morgan fingerprint density at radius 2 is 1.33 bits per heavy atom. The summed E-state index contributed by atoms with van der Waals surface area (Å²) in [5.41, 5.74) is 0. The summed E-state index contributed by atoms with van der Waals surface area (Å²) in [6.07, 6.45) is 3.68. The topological polar surface area (TPSA) is 49.0 Å². The number of rotatable bonds is 17. The molecule has 0 saturated heterocycles. The van der Waals surface area contributed by atoms with Gasteiger partial charge in [-0.05, 0) is 26.3 Å². The predicted molar refractivity (Wildman–Crippen MR) is 85.9 cm³/mol. The highest BCUT2D eigenvalue weighted by Gasteiger charge is 2.00. The summed E-state index contributed by atoms with van der Waals surface area (Å²) in [5.74, 6) is 0. The van der Waals surface area contributed by atoms with Gasteiger partial charge in [0.05, 0.1) is 45.7 Å². The Bertz CT molecular complexity index is 193. The Labute approximate surface area is 130 Å². The van der Waals surface area contributed by atoms with Gasteiger partial charge in [-0.3, -0.25) is 0 Å². The number of ether oxygens (including phenoxy) is 4. The van der Waals surface area contributed by atoms with E-state index in [2.05, 4.69) is 26.1 Å². The zero-order chi connectivity index (χ0) is 15.6. The summed E-state index contributed by atoms with van der Waals surface area (Å²) in [4.78, 5) is 0. The molecule has 0 spiro atoms. The van der Waals surface area contributed by atoms with E-state index in [0.29, 0.717) is 39.6 Å². The fraction of sp³-hybridized carbons (Fsp3) is 1.00. The highest BCUT2D eigenvalue weighted by Crippen LogP contribution is 1.90. The molecule has 0 aromatic rings. The van der Waals surface area contributed by atoms with E-state index in [0.717, 1.165) is 32.5 Å². The first kappa shape index (κ1) is 20.8.